The van der Waals surface area contributed by atoms with E-state index in [-0.39, 0.29) is 24.1 Å². The lowest BCUT2D eigenvalue weighted by Gasteiger charge is -2.23. The summed E-state index contributed by atoms with van der Waals surface area (Å²) in [6, 6.07) is 11.4. The highest BCUT2D eigenvalue weighted by Gasteiger charge is 2.36. The van der Waals surface area contributed by atoms with Gasteiger partial charge in [-0.2, -0.15) is 0 Å². The van der Waals surface area contributed by atoms with E-state index in [1.54, 1.807) is 47.2 Å². The zero-order valence-corrected chi connectivity index (χ0v) is 15.6. The fraction of sp³-hybridized carbons (Fsp3) is 0.333. The summed E-state index contributed by atoms with van der Waals surface area (Å²) < 4.78 is 24.1. The predicted octanol–water partition coefficient (Wildman–Crippen LogP) is 2.61. The maximum absolute atomic E-state index is 13.0. The predicted molar refractivity (Wildman–Crippen MR) is 101 cm³/mol. The van der Waals surface area contributed by atoms with Crippen molar-refractivity contribution in [2.24, 2.45) is 5.92 Å². The third-order valence-corrected chi connectivity index (χ3v) is 5.02. The summed E-state index contributed by atoms with van der Waals surface area (Å²) in [6.07, 6.45) is 0.168. The summed E-state index contributed by atoms with van der Waals surface area (Å²) in [5.74, 6) is 0.358. The van der Waals surface area contributed by atoms with Gasteiger partial charge in [0.15, 0.2) is 11.5 Å². The molecule has 2 aromatic rings. The number of benzene rings is 2. The van der Waals surface area contributed by atoms with E-state index in [1.807, 2.05) is 0 Å². The molecule has 2 amide bonds. The molecule has 0 unspecified atom stereocenters. The number of carbonyl (C=O) groups excluding carboxylic acids is 2. The molecule has 1 atom stereocenters. The Balaban J connectivity index is 1.43. The average Bonchev–Trinajstić information content (AvgIpc) is 3.10. The molecule has 0 aliphatic carbocycles. The molecular weight excluding hydrogens is 363 g/mol. The molecule has 2 heterocycles. The summed E-state index contributed by atoms with van der Waals surface area (Å²) in [5, 5.41) is 0. The molecule has 7 heteroatoms. The van der Waals surface area contributed by atoms with Crippen LogP contribution in [0.25, 0.3) is 0 Å². The number of nitrogens with zero attached hydrogens (tertiary/aromatic N) is 2. The van der Waals surface area contributed by atoms with Crippen LogP contribution in [0.5, 0.6) is 11.5 Å². The van der Waals surface area contributed by atoms with Gasteiger partial charge in [0.1, 0.15) is 19.0 Å². The molecule has 2 aliphatic heterocycles. The molecule has 0 saturated carbocycles. The van der Waals surface area contributed by atoms with Crippen LogP contribution in [-0.2, 0) is 16.1 Å². The van der Waals surface area contributed by atoms with E-state index in [1.165, 1.54) is 12.1 Å². The van der Waals surface area contributed by atoms with Crippen LogP contribution in [0.1, 0.15) is 12.0 Å². The molecule has 1 saturated heterocycles. The van der Waals surface area contributed by atoms with Gasteiger partial charge in [-0.3, -0.25) is 9.59 Å². The standard InChI is InChI=1S/C21H21FN2O4/c1-23(12-14-2-4-16(22)5-3-14)21(26)15-10-20(25)24(13-15)17-6-7-18-19(11-17)28-9-8-27-18/h2-7,11,15H,8-10,12-13H2,1H3/t15-/m0/s1. The summed E-state index contributed by atoms with van der Waals surface area (Å²) >= 11 is 0. The largest absolute Gasteiger partial charge is 0.486 e. The number of hydrogen-bond acceptors (Lipinski definition) is 4. The maximum atomic E-state index is 13.0. The topological polar surface area (TPSA) is 59.1 Å². The normalized spacial score (nSPS) is 18.3. The van der Waals surface area contributed by atoms with Crippen LogP contribution < -0.4 is 14.4 Å². The van der Waals surface area contributed by atoms with E-state index >= 15 is 0 Å². The Hall–Kier alpha value is -3.09. The highest BCUT2D eigenvalue weighted by atomic mass is 19.1. The molecule has 4 rings (SSSR count). The van der Waals surface area contributed by atoms with E-state index in [2.05, 4.69) is 0 Å². The number of carbonyl (C=O) groups is 2. The van der Waals surface area contributed by atoms with Gasteiger partial charge in [-0.25, -0.2) is 4.39 Å². The molecule has 2 aliphatic rings. The molecule has 6 nitrogen and oxygen atoms in total. The molecule has 28 heavy (non-hydrogen) atoms. The van der Waals surface area contributed by atoms with Crippen LogP contribution in [0.2, 0.25) is 0 Å². The Bertz CT molecular complexity index is 900. The van der Waals surface area contributed by atoms with Crippen LogP contribution in [0, 0.1) is 11.7 Å². The lowest BCUT2D eigenvalue weighted by atomic mass is 10.1. The highest BCUT2D eigenvalue weighted by molar-refractivity contribution is 6.00. The Kier molecular flexibility index (Phi) is 4.90. The van der Waals surface area contributed by atoms with E-state index in [9.17, 15) is 14.0 Å². The second kappa shape index (κ2) is 7.50. The van der Waals surface area contributed by atoms with Crippen LogP contribution >= 0.6 is 0 Å². The number of hydrogen-bond donors (Lipinski definition) is 0. The Morgan fingerprint density at radius 2 is 1.86 bits per heavy atom. The van der Waals surface area contributed by atoms with Crippen molar-refractivity contribution in [3.8, 4) is 11.5 Å². The first-order valence-electron chi connectivity index (χ1n) is 9.20. The molecule has 146 valence electrons. The van der Waals surface area contributed by atoms with Crippen molar-refractivity contribution in [3.63, 3.8) is 0 Å². The summed E-state index contributed by atoms with van der Waals surface area (Å²) in [6.45, 7) is 1.67. The van der Waals surface area contributed by atoms with Crippen LogP contribution in [-0.4, -0.2) is 43.5 Å². The summed E-state index contributed by atoms with van der Waals surface area (Å²) in [4.78, 5) is 28.5. The summed E-state index contributed by atoms with van der Waals surface area (Å²) in [7, 11) is 1.70. The molecule has 1 fully saturated rings. The van der Waals surface area contributed by atoms with E-state index in [0.717, 1.165) is 5.56 Å². The zero-order chi connectivity index (χ0) is 19.7. The van der Waals surface area contributed by atoms with Crippen molar-refractivity contribution >= 4 is 17.5 Å². The molecule has 0 spiro atoms. The zero-order valence-electron chi connectivity index (χ0n) is 15.6. The Labute approximate surface area is 162 Å². The second-order valence-electron chi connectivity index (χ2n) is 7.05. The second-order valence-corrected chi connectivity index (χ2v) is 7.05. The van der Waals surface area contributed by atoms with Crippen LogP contribution in [0.3, 0.4) is 0 Å². The lowest BCUT2D eigenvalue weighted by molar-refractivity contribution is -0.135. The van der Waals surface area contributed by atoms with Crippen molar-refractivity contribution in [1.82, 2.24) is 4.90 Å². The average molecular weight is 384 g/mol. The monoisotopic (exact) mass is 384 g/mol. The first-order chi connectivity index (χ1) is 13.5. The maximum Gasteiger partial charge on any atom is 0.228 e. The number of halogens is 1. The first-order valence-corrected chi connectivity index (χ1v) is 9.20. The van der Waals surface area contributed by atoms with Gasteiger partial charge in [-0.1, -0.05) is 12.1 Å². The van der Waals surface area contributed by atoms with E-state index < -0.39 is 5.92 Å². The van der Waals surface area contributed by atoms with Crippen molar-refractivity contribution in [2.75, 3.05) is 31.7 Å². The minimum Gasteiger partial charge on any atom is -0.486 e. The molecule has 2 aromatic carbocycles. The molecule has 0 aromatic heterocycles. The number of fused-ring (bicyclic) bond motifs is 1. The van der Waals surface area contributed by atoms with Gasteiger partial charge in [0, 0.05) is 38.3 Å². The van der Waals surface area contributed by atoms with Gasteiger partial charge >= 0.3 is 0 Å². The molecular formula is C21H21FN2O4. The number of ether oxygens (including phenoxy) is 2. The van der Waals surface area contributed by atoms with Crippen molar-refractivity contribution in [1.29, 1.82) is 0 Å². The van der Waals surface area contributed by atoms with Gasteiger partial charge < -0.3 is 19.3 Å². The Morgan fingerprint density at radius 1 is 1.14 bits per heavy atom. The van der Waals surface area contributed by atoms with Crippen molar-refractivity contribution < 1.29 is 23.5 Å². The highest BCUT2D eigenvalue weighted by Crippen LogP contribution is 2.36. The van der Waals surface area contributed by atoms with Crippen LogP contribution in [0.4, 0.5) is 10.1 Å². The van der Waals surface area contributed by atoms with Gasteiger partial charge in [0.05, 0.1) is 5.92 Å². The molecule has 0 bridgehead atoms. The minimum atomic E-state index is -0.411. The van der Waals surface area contributed by atoms with E-state index in [0.29, 0.717) is 43.5 Å². The van der Waals surface area contributed by atoms with Crippen molar-refractivity contribution in [2.45, 2.75) is 13.0 Å². The van der Waals surface area contributed by atoms with Gasteiger partial charge in [0.25, 0.3) is 0 Å². The van der Waals surface area contributed by atoms with Crippen molar-refractivity contribution in [3.05, 3.63) is 53.8 Å². The Morgan fingerprint density at radius 3 is 2.61 bits per heavy atom. The SMILES string of the molecule is CN(Cc1ccc(F)cc1)C(=O)[C@H]1CC(=O)N(c2ccc3c(c2)OCCO3)C1. The minimum absolute atomic E-state index is 0.0924. The van der Waals surface area contributed by atoms with Gasteiger partial charge in [-0.05, 0) is 29.8 Å². The third kappa shape index (κ3) is 3.65. The van der Waals surface area contributed by atoms with Gasteiger partial charge in [-0.15, -0.1) is 0 Å². The third-order valence-electron chi connectivity index (χ3n) is 5.02. The molecule has 0 N–H and O–H groups in total. The summed E-state index contributed by atoms with van der Waals surface area (Å²) in [5.41, 5.74) is 1.54. The fourth-order valence-electron chi connectivity index (χ4n) is 3.58. The number of rotatable bonds is 4. The fourth-order valence-corrected chi connectivity index (χ4v) is 3.58. The lowest BCUT2D eigenvalue weighted by Crippen LogP contribution is -2.34. The van der Waals surface area contributed by atoms with Gasteiger partial charge in [0.2, 0.25) is 11.8 Å². The molecule has 0 radical (unpaired) electrons. The quantitative estimate of drug-likeness (QED) is 0.813. The first kappa shape index (κ1) is 18.3. The van der Waals surface area contributed by atoms with E-state index in [4.69, 9.17) is 9.47 Å². The smallest absolute Gasteiger partial charge is 0.228 e. The number of amides is 2. The number of anilines is 1. The van der Waals surface area contributed by atoms with Crippen LogP contribution in [0.15, 0.2) is 42.5 Å².